The van der Waals surface area contributed by atoms with Crippen LogP contribution in [0.3, 0.4) is 0 Å². The standard InChI is InChI=1S/C18H16O/c1-12-16(13-7-3-2-4-8-13)18(12)11-14-9-5-6-10-15(14)17(18)19/h2-10,12,16H,11H2,1H3/t12?,16-,18+/m0/s1. The van der Waals surface area contributed by atoms with Crippen LogP contribution in [0.4, 0.5) is 0 Å². The average Bonchev–Trinajstić information content (AvgIpc) is 2.92. The second-order valence-corrected chi connectivity index (χ2v) is 5.88. The van der Waals surface area contributed by atoms with Crippen molar-refractivity contribution in [3.63, 3.8) is 0 Å². The smallest absolute Gasteiger partial charge is 0.170 e. The van der Waals surface area contributed by atoms with Gasteiger partial charge in [-0.05, 0) is 23.5 Å². The molecule has 0 heterocycles. The molecule has 2 aromatic carbocycles. The minimum Gasteiger partial charge on any atom is -0.293 e. The Labute approximate surface area is 113 Å². The average molecular weight is 248 g/mol. The second-order valence-electron chi connectivity index (χ2n) is 5.88. The summed E-state index contributed by atoms with van der Waals surface area (Å²) >= 11 is 0. The van der Waals surface area contributed by atoms with Crippen LogP contribution in [0.5, 0.6) is 0 Å². The summed E-state index contributed by atoms with van der Waals surface area (Å²) in [5.74, 6) is 1.22. The number of ketones is 1. The fourth-order valence-electron chi connectivity index (χ4n) is 4.04. The van der Waals surface area contributed by atoms with Crippen molar-refractivity contribution in [3.8, 4) is 0 Å². The Morgan fingerprint density at radius 1 is 1.00 bits per heavy atom. The van der Waals surface area contributed by atoms with Gasteiger partial charge < -0.3 is 0 Å². The van der Waals surface area contributed by atoms with E-state index in [0.717, 1.165) is 12.0 Å². The van der Waals surface area contributed by atoms with Crippen LogP contribution in [-0.4, -0.2) is 5.78 Å². The normalized spacial score (nSPS) is 31.5. The summed E-state index contributed by atoms with van der Waals surface area (Å²) in [7, 11) is 0. The lowest BCUT2D eigenvalue weighted by Gasteiger charge is -2.07. The van der Waals surface area contributed by atoms with Crippen molar-refractivity contribution in [2.45, 2.75) is 19.3 Å². The zero-order valence-electron chi connectivity index (χ0n) is 11.0. The zero-order chi connectivity index (χ0) is 13.0. The largest absolute Gasteiger partial charge is 0.293 e. The minimum absolute atomic E-state index is 0.148. The van der Waals surface area contributed by atoms with Gasteiger partial charge in [0.15, 0.2) is 5.78 Å². The van der Waals surface area contributed by atoms with Crippen LogP contribution in [0.25, 0.3) is 0 Å². The van der Waals surface area contributed by atoms with Crippen LogP contribution in [0.1, 0.15) is 34.3 Å². The number of hydrogen-bond acceptors (Lipinski definition) is 1. The fourth-order valence-corrected chi connectivity index (χ4v) is 4.04. The Kier molecular flexibility index (Phi) is 2.06. The van der Waals surface area contributed by atoms with Crippen LogP contribution < -0.4 is 0 Å². The van der Waals surface area contributed by atoms with Crippen molar-refractivity contribution < 1.29 is 4.79 Å². The van der Waals surface area contributed by atoms with Crippen molar-refractivity contribution >= 4 is 5.78 Å². The lowest BCUT2D eigenvalue weighted by atomic mass is 9.94. The SMILES string of the molecule is CC1[C@@H](c2ccccc2)[C@@]12Cc1ccccc1C2=O. The van der Waals surface area contributed by atoms with E-state index in [2.05, 4.69) is 37.3 Å². The molecular weight excluding hydrogens is 232 g/mol. The van der Waals surface area contributed by atoms with Crippen molar-refractivity contribution in [1.29, 1.82) is 0 Å². The molecule has 4 rings (SSSR count). The maximum absolute atomic E-state index is 12.8. The molecule has 94 valence electrons. The molecule has 0 N–H and O–H groups in total. The molecule has 1 heteroatoms. The van der Waals surface area contributed by atoms with E-state index < -0.39 is 0 Å². The number of rotatable bonds is 1. The molecule has 2 aliphatic carbocycles. The summed E-state index contributed by atoms with van der Waals surface area (Å²) in [5.41, 5.74) is 3.35. The van der Waals surface area contributed by atoms with Gasteiger partial charge >= 0.3 is 0 Å². The summed E-state index contributed by atoms with van der Waals surface area (Å²) in [6, 6.07) is 18.6. The van der Waals surface area contributed by atoms with E-state index in [0.29, 0.717) is 17.6 Å². The highest BCUT2D eigenvalue weighted by atomic mass is 16.1. The first-order valence-corrected chi connectivity index (χ1v) is 6.93. The minimum atomic E-state index is -0.148. The monoisotopic (exact) mass is 248 g/mol. The molecule has 2 aliphatic rings. The van der Waals surface area contributed by atoms with Gasteiger partial charge in [-0.3, -0.25) is 4.79 Å². The predicted octanol–water partition coefficient (Wildman–Crippen LogP) is 3.85. The quantitative estimate of drug-likeness (QED) is 0.749. The van der Waals surface area contributed by atoms with Crippen LogP contribution in [0, 0.1) is 11.3 Å². The highest BCUT2D eigenvalue weighted by Gasteiger charge is 2.69. The van der Waals surface area contributed by atoms with Gasteiger partial charge in [0.1, 0.15) is 0 Å². The Hall–Kier alpha value is -1.89. The lowest BCUT2D eigenvalue weighted by Crippen LogP contribution is -2.14. The van der Waals surface area contributed by atoms with Gasteiger partial charge in [-0.25, -0.2) is 0 Å². The third-order valence-electron chi connectivity index (χ3n) is 5.08. The molecule has 1 spiro atoms. The van der Waals surface area contributed by atoms with E-state index in [9.17, 15) is 4.79 Å². The summed E-state index contributed by atoms with van der Waals surface area (Å²) in [4.78, 5) is 12.8. The molecule has 0 amide bonds. The molecule has 1 saturated carbocycles. The molecule has 0 aromatic heterocycles. The number of fused-ring (bicyclic) bond motifs is 1. The van der Waals surface area contributed by atoms with E-state index in [1.165, 1.54) is 11.1 Å². The maximum atomic E-state index is 12.8. The van der Waals surface area contributed by atoms with E-state index >= 15 is 0 Å². The van der Waals surface area contributed by atoms with Gasteiger partial charge in [0.05, 0.1) is 0 Å². The van der Waals surface area contributed by atoms with Crippen molar-refractivity contribution in [2.75, 3.05) is 0 Å². The topological polar surface area (TPSA) is 17.1 Å². The zero-order valence-corrected chi connectivity index (χ0v) is 11.0. The first-order chi connectivity index (χ1) is 9.25. The second kappa shape index (κ2) is 3.57. The molecule has 0 radical (unpaired) electrons. The van der Waals surface area contributed by atoms with E-state index in [-0.39, 0.29) is 5.41 Å². The third-order valence-corrected chi connectivity index (χ3v) is 5.08. The molecule has 0 saturated heterocycles. The fraction of sp³-hybridized carbons (Fsp3) is 0.278. The van der Waals surface area contributed by atoms with E-state index in [1.807, 2.05) is 24.3 Å². The number of hydrogen-bond donors (Lipinski definition) is 0. The molecule has 2 aromatic rings. The summed E-state index contributed by atoms with van der Waals surface area (Å²) < 4.78 is 0. The Balaban J connectivity index is 1.78. The number of carbonyl (C=O) groups is 1. The first kappa shape index (κ1) is 11.0. The molecule has 1 fully saturated rings. The van der Waals surface area contributed by atoms with Crippen LogP contribution in [0.2, 0.25) is 0 Å². The van der Waals surface area contributed by atoms with Crippen molar-refractivity contribution in [2.24, 2.45) is 11.3 Å². The Morgan fingerprint density at radius 3 is 2.42 bits per heavy atom. The molecular formula is C18H16O. The van der Waals surface area contributed by atoms with Gasteiger partial charge in [-0.2, -0.15) is 0 Å². The maximum Gasteiger partial charge on any atom is 0.170 e. The van der Waals surface area contributed by atoms with E-state index in [4.69, 9.17) is 0 Å². The lowest BCUT2D eigenvalue weighted by molar-refractivity contribution is 0.0905. The highest BCUT2D eigenvalue weighted by molar-refractivity contribution is 6.08. The van der Waals surface area contributed by atoms with Gasteiger partial charge in [0.2, 0.25) is 0 Å². The number of carbonyl (C=O) groups excluding carboxylic acids is 1. The van der Waals surface area contributed by atoms with Gasteiger partial charge in [-0.1, -0.05) is 61.5 Å². The first-order valence-electron chi connectivity index (χ1n) is 6.93. The van der Waals surface area contributed by atoms with Gasteiger partial charge in [-0.15, -0.1) is 0 Å². The number of Topliss-reactive ketones (excluding diaryl/α,β-unsaturated/α-hetero) is 1. The van der Waals surface area contributed by atoms with Crippen molar-refractivity contribution in [1.82, 2.24) is 0 Å². The van der Waals surface area contributed by atoms with Gasteiger partial charge in [0.25, 0.3) is 0 Å². The molecule has 3 atom stereocenters. The molecule has 0 aliphatic heterocycles. The molecule has 1 unspecified atom stereocenters. The predicted molar refractivity (Wildman–Crippen MR) is 75.3 cm³/mol. The molecule has 0 bridgehead atoms. The third kappa shape index (κ3) is 1.28. The number of benzene rings is 2. The Morgan fingerprint density at radius 2 is 1.68 bits per heavy atom. The van der Waals surface area contributed by atoms with Crippen LogP contribution in [0.15, 0.2) is 54.6 Å². The van der Waals surface area contributed by atoms with Gasteiger partial charge in [0, 0.05) is 16.9 Å². The molecule has 1 nitrogen and oxygen atoms in total. The molecule has 19 heavy (non-hydrogen) atoms. The summed E-state index contributed by atoms with van der Waals surface area (Å²) in [5, 5.41) is 0. The highest BCUT2D eigenvalue weighted by Crippen LogP contribution is 2.69. The summed E-state index contributed by atoms with van der Waals surface area (Å²) in [6.45, 7) is 2.22. The van der Waals surface area contributed by atoms with Crippen LogP contribution in [-0.2, 0) is 6.42 Å². The van der Waals surface area contributed by atoms with Crippen LogP contribution >= 0.6 is 0 Å². The summed E-state index contributed by atoms with van der Waals surface area (Å²) in [6.07, 6.45) is 0.919. The van der Waals surface area contributed by atoms with Crippen molar-refractivity contribution in [3.05, 3.63) is 71.3 Å². The Bertz CT molecular complexity index is 658. The van der Waals surface area contributed by atoms with E-state index in [1.54, 1.807) is 0 Å².